The lowest BCUT2D eigenvalue weighted by atomic mass is 9.93. The van der Waals surface area contributed by atoms with E-state index in [1.54, 1.807) is 0 Å². The molecule has 1 amide bonds. The molecule has 7 nitrogen and oxygen atoms in total. The lowest BCUT2D eigenvalue weighted by Gasteiger charge is -2.35. The standard InChI is InChI=1S/C25H32N2O5/c1-4-29-21-8-7-19(14-23(21)30-5-2)26-25(28)16-27-10-9-18-13-22-24(15-20(18)17(27)3)32-12-6-11-31-22/h7-8,13-15,17H,4-6,9-12,16H2,1-3H3,(H,26,28). The number of carbonyl (C=O) groups is 1. The van der Waals surface area contributed by atoms with Crippen LogP contribution in [-0.4, -0.2) is 50.3 Å². The lowest BCUT2D eigenvalue weighted by Crippen LogP contribution is -2.39. The number of nitrogens with one attached hydrogen (secondary N) is 1. The van der Waals surface area contributed by atoms with E-state index in [0.29, 0.717) is 50.2 Å². The second-order valence-corrected chi connectivity index (χ2v) is 8.02. The van der Waals surface area contributed by atoms with Crippen molar-refractivity contribution < 1.29 is 23.7 Å². The highest BCUT2D eigenvalue weighted by atomic mass is 16.5. The summed E-state index contributed by atoms with van der Waals surface area (Å²) in [5, 5.41) is 3.00. The molecule has 32 heavy (non-hydrogen) atoms. The molecule has 2 aliphatic heterocycles. The van der Waals surface area contributed by atoms with Crippen molar-refractivity contribution in [2.24, 2.45) is 0 Å². The van der Waals surface area contributed by atoms with Gasteiger partial charge in [-0.25, -0.2) is 0 Å². The van der Waals surface area contributed by atoms with Gasteiger partial charge in [-0.15, -0.1) is 0 Å². The van der Waals surface area contributed by atoms with Gasteiger partial charge in [-0.2, -0.15) is 0 Å². The minimum absolute atomic E-state index is 0.0544. The van der Waals surface area contributed by atoms with Crippen LogP contribution in [0, 0.1) is 0 Å². The van der Waals surface area contributed by atoms with E-state index in [-0.39, 0.29) is 11.9 Å². The predicted molar refractivity (Wildman–Crippen MR) is 123 cm³/mol. The van der Waals surface area contributed by atoms with Crippen LogP contribution < -0.4 is 24.3 Å². The summed E-state index contributed by atoms with van der Waals surface area (Å²) in [6, 6.07) is 9.80. The van der Waals surface area contributed by atoms with Gasteiger partial charge in [0.2, 0.25) is 5.91 Å². The SMILES string of the molecule is CCOc1ccc(NC(=O)CN2CCc3cc4c(cc3C2C)OCCCO4)cc1OCC. The zero-order chi connectivity index (χ0) is 22.5. The first-order valence-electron chi connectivity index (χ1n) is 11.4. The van der Waals surface area contributed by atoms with E-state index in [0.717, 1.165) is 30.9 Å². The maximum absolute atomic E-state index is 12.8. The molecule has 172 valence electrons. The number of ether oxygens (including phenoxy) is 4. The van der Waals surface area contributed by atoms with Crippen LogP contribution in [0.2, 0.25) is 0 Å². The molecule has 2 aliphatic rings. The summed E-state index contributed by atoms with van der Waals surface area (Å²) >= 11 is 0. The van der Waals surface area contributed by atoms with Gasteiger partial charge in [0, 0.05) is 30.8 Å². The summed E-state index contributed by atoms with van der Waals surface area (Å²) in [6.07, 6.45) is 1.76. The quantitative estimate of drug-likeness (QED) is 0.696. The molecule has 0 fully saturated rings. The number of hydrogen-bond donors (Lipinski definition) is 1. The number of benzene rings is 2. The number of rotatable bonds is 7. The maximum atomic E-state index is 12.8. The summed E-state index contributed by atoms with van der Waals surface area (Å²) in [5.74, 6) is 2.90. The zero-order valence-corrected chi connectivity index (χ0v) is 19.1. The molecular formula is C25H32N2O5. The topological polar surface area (TPSA) is 69.3 Å². The Hall–Kier alpha value is -2.93. The Morgan fingerprint density at radius 1 is 1.06 bits per heavy atom. The first kappa shape index (κ1) is 22.3. The van der Waals surface area contributed by atoms with E-state index in [1.807, 2.05) is 32.0 Å². The number of hydrogen-bond acceptors (Lipinski definition) is 6. The number of amides is 1. The molecule has 2 aromatic carbocycles. The van der Waals surface area contributed by atoms with Crippen molar-refractivity contribution in [3.8, 4) is 23.0 Å². The molecule has 1 atom stereocenters. The fraction of sp³-hybridized carbons (Fsp3) is 0.480. The number of nitrogens with zero attached hydrogens (tertiary/aromatic N) is 1. The highest BCUT2D eigenvalue weighted by molar-refractivity contribution is 5.92. The second kappa shape index (κ2) is 10.1. The van der Waals surface area contributed by atoms with Crippen LogP contribution in [0.25, 0.3) is 0 Å². The van der Waals surface area contributed by atoms with Gasteiger partial charge in [0.1, 0.15) is 0 Å². The Labute approximate surface area is 189 Å². The Morgan fingerprint density at radius 3 is 2.53 bits per heavy atom. The molecule has 4 rings (SSSR count). The van der Waals surface area contributed by atoms with Crippen LogP contribution in [0.3, 0.4) is 0 Å². The summed E-state index contributed by atoms with van der Waals surface area (Å²) < 4.78 is 23.0. The molecule has 0 aromatic heterocycles. The van der Waals surface area contributed by atoms with E-state index >= 15 is 0 Å². The van der Waals surface area contributed by atoms with Crippen LogP contribution in [0.15, 0.2) is 30.3 Å². The molecule has 0 aliphatic carbocycles. The van der Waals surface area contributed by atoms with Gasteiger partial charge in [-0.05, 0) is 62.6 Å². The monoisotopic (exact) mass is 440 g/mol. The first-order valence-corrected chi connectivity index (χ1v) is 11.4. The van der Waals surface area contributed by atoms with Gasteiger partial charge in [-0.1, -0.05) is 0 Å². The van der Waals surface area contributed by atoms with E-state index in [9.17, 15) is 4.79 Å². The van der Waals surface area contributed by atoms with Gasteiger partial charge in [0.05, 0.1) is 33.0 Å². The highest BCUT2D eigenvalue weighted by Gasteiger charge is 2.28. The molecule has 2 aromatic rings. The molecule has 7 heteroatoms. The Kier molecular flexibility index (Phi) is 7.05. The molecule has 0 spiro atoms. The van der Waals surface area contributed by atoms with Crippen LogP contribution in [0.5, 0.6) is 23.0 Å². The number of fused-ring (bicyclic) bond motifs is 2. The summed E-state index contributed by atoms with van der Waals surface area (Å²) in [7, 11) is 0. The van der Waals surface area contributed by atoms with E-state index in [1.165, 1.54) is 11.1 Å². The van der Waals surface area contributed by atoms with Crippen molar-refractivity contribution in [3.63, 3.8) is 0 Å². The zero-order valence-electron chi connectivity index (χ0n) is 19.1. The van der Waals surface area contributed by atoms with Gasteiger partial charge in [0.25, 0.3) is 0 Å². The van der Waals surface area contributed by atoms with Gasteiger partial charge in [0.15, 0.2) is 23.0 Å². The second-order valence-electron chi connectivity index (χ2n) is 8.02. The van der Waals surface area contributed by atoms with Crippen molar-refractivity contribution in [1.82, 2.24) is 4.90 Å². The predicted octanol–water partition coefficient (Wildman–Crippen LogP) is 4.20. The first-order chi connectivity index (χ1) is 15.6. The largest absolute Gasteiger partial charge is 0.490 e. The molecular weight excluding hydrogens is 408 g/mol. The lowest BCUT2D eigenvalue weighted by molar-refractivity contribution is -0.117. The van der Waals surface area contributed by atoms with Crippen molar-refractivity contribution in [1.29, 1.82) is 0 Å². The van der Waals surface area contributed by atoms with Crippen molar-refractivity contribution in [3.05, 3.63) is 41.5 Å². The normalized spacial score (nSPS) is 17.8. The third-order valence-corrected chi connectivity index (χ3v) is 5.85. The van der Waals surface area contributed by atoms with Gasteiger partial charge >= 0.3 is 0 Å². The van der Waals surface area contributed by atoms with Crippen LogP contribution >= 0.6 is 0 Å². The van der Waals surface area contributed by atoms with Crippen LogP contribution in [-0.2, 0) is 11.2 Å². The Morgan fingerprint density at radius 2 is 1.78 bits per heavy atom. The van der Waals surface area contributed by atoms with Crippen molar-refractivity contribution >= 4 is 11.6 Å². The maximum Gasteiger partial charge on any atom is 0.238 e. The van der Waals surface area contributed by atoms with E-state index < -0.39 is 0 Å². The summed E-state index contributed by atoms with van der Waals surface area (Å²) in [5.41, 5.74) is 3.17. The Bertz CT molecular complexity index is 962. The summed E-state index contributed by atoms with van der Waals surface area (Å²) in [6.45, 7) is 9.55. The molecule has 2 heterocycles. The van der Waals surface area contributed by atoms with E-state index in [2.05, 4.69) is 29.3 Å². The molecule has 1 unspecified atom stereocenters. The average Bonchev–Trinajstić information content (AvgIpc) is 3.01. The molecule has 1 N–H and O–H groups in total. The third-order valence-electron chi connectivity index (χ3n) is 5.85. The fourth-order valence-electron chi connectivity index (χ4n) is 4.26. The minimum Gasteiger partial charge on any atom is -0.490 e. The fourth-order valence-corrected chi connectivity index (χ4v) is 4.26. The van der Waals surface area contributed by atoms with Crippen LogP contribution in [0.1, 0.15) is 44.4 Å². The summed E-state index contributed by atoms with van der Waals surface area (Å²) in [4.78, 5) is 15.0. The van der Waals surface area contributed by atoms with Gasteiger partial charge < -0.3 is 24.3 Å². The van der Waals surface area contributed by atoms with Crippen LogP contribution in [0.4, 0.5) is 5.69 Å². The molecule has 0 saturated carbocycles. The highest BCUT2D eigenvalue weighted by Crippen LogP contribution is 2.39. The molecule has 0 saturated heterocycles. The van der Waals surface area contributed by atoms with Gasteiger partial charge in [-0.3, -0.25) is 9.69 Å². The van der Waals surface area contributed by atoms with E-state index in [4.69, 9.17) is 18.9 Å². The van der Waals surface area contributed by atoms with Crippen molar-refractivity contribution in [2.75, 3.05) is 44.8 Å². The Balaban J connectivity index is 1.43. The average molecular weight is 441 g/mol. The molecule has 0 bridgehead atoms. The molecule has 0 radical (unpaired) electrons. The number of anilines is 1. The minimum atomic E-state index is -0.0544. The smallest absolute Gasteiger partial charge is 0.238 e. The number of carbonyl (C=O) groups excluding carboxylic acids is 1. The third kappa shape index (κ3) is 4.93. The van der Waals surface area contributed by atoms with Crippen molar-refractivity contribution in [2.45, 2.75) is 39.7 Å².